The molecular formula is C16H22N2O4. The smallest absolute Gasteiger partial charge is 0.228 e. The first-order chi connectivity index (χ1) is 10.8. The molecule has 4 rings (SSSR count). The molecule has 0 saturated carbocycles. The van der Waals surface area contributed by atoms with Crippen LogP contribution in [0.2, 0.25) is 0 Å². The monoisotopic (exact) mass is 306 g/mol. The van der Waals surface area contributed by atoms with Gasteiger partial charge in [0, 0.05) is 32.3 Å². The second-order valence-electron chi connectivity index (χ2n) is 6.33. The molecule has 0 aromatic carbocycles. The summed E-state index contributed by atoms with van der Waals surface area (Å²) in [4.78, 5) is 16.9. The Balaban J connectivity index is 1.31. The summed E-state index contributed by atoms with van der Waals surface area (Å²) in [7, 11) is 0. The number of morpholine rings is 1. The SMILES string of the molecule is O=C(C1CN(C2CCOC2)C1)N1CCOC(c2ccco2)C1. The number of hydrogen-bond acceptors (Lipinski definition) is 5. The number of carbonyl (C=O) groups is 1. The molecule has 0 N–H and O–H groups in total. The number of likely N-dealkylation sites (tertiary alicyclic amines) is 1. The van der Waals surface area contributed by atoms with E-state index in [1.54, 1.807) is 6.26 Å². The predicted molar refractivity (Wildman–Crippen MR) is 78.3 cm³/mol. The number of amides is 1. The molecule has 4 heterocycles. The minimum Gasteiger partial charge on any atom is -0.467 e. The fraction of sp³-hybridized carbons (Fsp3) is 0.688. The van der Waals surface area contributed by atoms with Crippen LogP contribution in [-0.2, 0) is 14.3 Å². The van der Waals surface area contributed by atoms with Crippen molar-refractivity contribution >= 4 is 5.91 Å². The first-order valence-electron chi connectivity index (χ1n) is 8.07. The highest BCUT2D eigenvalue weighted by Gasteiger charge is 2.40. The third kappa shape index (κ3) is 2.66. The lowest BCUT2D eigenvalue weighted by molar-refractivity contribution is -0.150. The van der Waals surface area contributed by atoms with Crippen molar-refractivity contribution < 1.29 is 18.7 Å². The van der Waals surface area contributed by atoms with Gasteiger partial charge in [0.15, 0.2) is 0 Å². The Morgan fingerprint density at radius 2 is 2.14 bits per heavy atom. The van der Waals surface area contributed by atoms with Crippen molar-refractivity contribution in [1.29, 1.82) is 0 Å². The molecule has 3 saturated heterocycles. The van der Waals surface area contributed by atoms with Crippen molar-refractivity contribution in [3.05, 3.63) is 24.2 Å². The molecule has 2 unspecified atom stereocenters. The Kier molecular flexibility index (Phi) is 3.90. The van der Waals surface area contributed by atoms with Crippen molar-refractivity contribution in [2.24, 2.45) is 5.92 Å². The van der Waals surface area contributed by atoms with E-state index in [2.05, 4.69) is 4.90 Å². The van der Waals surface area contributed by atoms with Crippen LogP contribution in [0, 0.1) is 5.92 Å². The van der Waals surface area contributed by atoms with Gasteiger partial charge in [-0.05, 0) is 18.6 Å². The van der Waals surface area contributed by atoms with Gasteiger partial charge in [-0.3, -0.25) is 9.69 Å². The van der Waals surface area contributed by atoms with Gasteiger partial charge in [0.1, 0.15) is 11.9 Å². The van der Waals surface area contributed by atoms with Crippen molar-refractivity contribution in [2.75, 3.05) is 46.0 Å². The summed E-state index contributed by atoms with van der Waals surface area (Å²) in [5.74, 6) is 1.20. The number of furan rings is 1. The van der Waals surface area contributed by atoms with E-state index in [0.29, 0.717) is 25.7 Å². The fourth-order valence-corrected chi connectivity index (χ4v) is 3.53. The van der Waals surface area contributed by atoms with Crippen LogP contribution in [0.5, 0.6) is 0 Å². The first-order valence-corrected chi connectivity index (χ1v) is 8.07. The highest BCUT2D eigenvalue weighted by atomic mass is 16.5. The number of rotatable bonds is 3. The molecule has 0 spiro atoms. The summed E-state index contributed by atoms with van der Waals surface area (Å²) >= 11 is 0. The van der Waals surface area contributed by atoms with Crippen LogP contribution >= 0.6 is 0 Å². The standard InChI is InChI=1S/C16H22N2O4/c19-16(12-8-18(9-12)13-3-6-20-11-13)17-4-7-22-15(10-17)14-2-1-5-21-14/h1-2,5,12-13,15H,3-4,6-11H2. The molecule has 3 aliphatic heterocycles. The van der Waals surface area contributed by atoms with Gasteiger partial charge in [0.25, 0.3) is 0 Å². The molecule has 6 nitrogen and oxygen atoms in total. The summed E-state index contributed by atoms with van der Waals surface area (Å²) in [6, 6.07) is 4.28. The quantitative estimate of drug-likeness (QED) is 0.830. The lowest BCUT2D eigenvalue weighted by atomic mass is 9.95. The third-order valence-electron chi connectivity index (χ3n) is 4.92. The lowest BCUT2D eigenvalue weighted by Crippen LogP contribution is -2.59. The van der Waals surface area contributed by atoms with Gasteiger partial charge in [0.2, 0.25) is 5.91 Å². The summed E-state index contributed by atoms with van der Waals surface area (Å²) in [5.41, 5.74) is 0. The molecule has 1 aromatic rings. The van der Waals surface area contributed by atoms with Gasteiger partial charge in [-0.15, -0.1) is 0 Å². The Morgan fingerprint density at radius 1 is 1.23 bits per heavy atom. The number of ether oxygens (including phenoxy) is 2. The Labute approximate surface area is 129 Å². The molecule has 0 aliphatic carbocycles. The average molecular weight is 306 g/mol. The van der Waals surface area contributed by atoms with Crippen LogP contribution in [0.25, 0.3) is 0 Å². The molecule has 6 heteroatoms. The maximum absolute atomic E-state index is 12.6. The Morgan fingerprint density at radius 3 is 2.86 bits per heavy atom. The van der Waals surface area contributed by atoms with E-state index < -0.39 is 0 Å². The molecule has 3 aliphatic rings. The highest BCUT2D eigenvalue weighted by molar-refractivity contribution is 5.80. The normalized spacial score (nSPS) is 30.5. The van der Waals surface area contributed by atoms with Crippen LogP contribution < -0.4 is 0 Å². The van der Waals surface area contributed by atoms with Gasteiger partial charge in [-0.1, -0.05) is 0 Å². The second-order valence-corrected chi connectivity index (χ2v) is 6.33. The van der Waals surface area contributed by atoms with Gasteiger partial charge in [-0.2, -0.15) is 0 Å². The summed E-state index contributed by atoms with van der Waals surface area (Å²) in [6.45, 7) is 5.26. The minimum atomic E-state index is -0.132. The van der Waals surface area contributed by atoms with Gasteiger partial charge in [-0.25, -0.2) is 0 Å². The van der Waals surface area contributed by atoms with E-state index in [1.807, 2.05) is 17.0 Å². The summed E-state index contributed by atoms with van der Waals surface area (Å²) < 4.78 is 16.5. The van der Waals surface area contributed by atoms with E-state index in [1.165, 1.54) is 0 Å². The van der Waals surface area contributed by atoms with Crippen molar-refractivity contribution in [3.63, 3.8) is 0 Å². The van der Waals surface area contributed by atoms with Crippen molar-refractivity contribution in [3.8, 4) is 0 Å². The van der Waals surface area contributed by atoms with Gasteiger partial charge < -0.3 is 18.8 Å². The lowest BCUT2D eigenvalue weighted by Gasteiger charge is -2.44. The van der Waals surface area contributed by atoms with E-state index in [0.717, 1.165) is 38.5 Å². The predicted octanol–water partition coefficient (Wildman–Crippen LogP) is 0.900. The first kappa shape index (κ1) is 14.2. The van der Waals surface area contributed by atoms with Crippen LogP contribution in [0.3, 0.4) is 0 Å². The molecule has 2 atom stereocenters. The number of carbonyl (C=O) groups excluding carboxylic acids is 1. The van der Waals surface area contributed by atoms with E-state index in [9.17, 15) is 4.79 Å². The zero-order valence-corrected chi connectivity index (χ0v) is 12.6. The summed E-state index contributed by atoms with van der Waals surface area (Å²) in [6.07, 6.45) is 2.61. The minimum absolute atomic E-state index is 0.132. The largest absolute Gasteiger partial charge is 0.467 e. The molecule has 0 bridgehead atoms. The molecule has 0 radical (unpaired) electrons. The molecule has 3 fully saturated rings. The van der Waals surface area contributed by atoms with Crippen molar-refractivity contribution in [2.45, 2.75) is 18.6 Å². The van der Waals surface area contributed by atoms with Crippen LogP contribution in [-0.4, -0.2) is 67.7 Å². The van der Waals surface area contributed by atoms with E-state index >= 15 is 0 Å². The van der Waals surface area contributed by atoms with Crippen LogP contribution in [0.15, 0.2) is 22.8 Å². The molecule has 120 valence electrons. The Bertz CT molecular complexity index is 506. The number of nitrogens with zero attached hydrogens (tertiary/aromatic N) is 2. The number of hydrogen-bond donors (Lipinski definition) is 0. The van der Waals surface area contributed by atoms with Gasteiger partial charge in [0.05, 0.1) is 31.9 Å². The molecule has 1 amide bonds. The molecule has 1 aromatic heterocycles. The van der Waals surface area contributed by atoms with E-state index in [4.69, 9.17) is 13.9 Å². The highest BCUT2D eigenvalue weighted by Crippen LogP contribution is 2.28. The third-order valence-corrected chi connectivity index (χ3v) is 4.92. The fourth-order valence-electron chi connectivity index (χ4n) is 3.53. The second kappa shape index (κ2) is 6.02. The zero-order valence-electron chi connectivity index (χ0n) is 12.6. The maximum atomic E-state index is 12.6. The van der Waals surface area contributed by atoms with Crippen molar-refractivity contribution in [1.82, 2.24) is 9.80 Å². The molecular weight excluding hydrogens is 284 g/mol. The van der Waals surface area contributed by atoms with Crippen LogP contribution in [0.1, 0.15) is 18.3 Å². The molecule has 22 heavy (non-hydrogen) atoms. The van der Waals surface area contributed by atoms with E-state index in [-0.39, 0.29) is 17.9 Å². The Hall–Kier alpha value is -1.37. The topological polar surface area (TPSA) is 55.2 Å². The zero-order chi connectivity index (χ0) is 14.9. The van der Waals surface area contributed by atoms with Gasteiger partial charge >= 0.3 is 0 Å². The van der Waals surface area contributed by atoms with Crippen LogP contribution in [0.4, 0.5) is 0 Å². The maximum Gasteiger partial charge on any atom is 0.228 e. The summed E-state index contributed by atoms with van der Waals surface area (Å²) in [5, 5.41) is 0. The average Bonchev–Trinajstić information content (AvgIpc) is 3.19.